The lowest BCUT2D eigenvalue weighted by atomic mass is 9.87. The highest BCUT2D eigenvalue weighted by Crippen LogP contribution is 2.27. The van der Waals surface area contributed by atoms with E-state index in [1.807, 2.05) is 4.90 Å². The predicted octanol–water partition coefficient (Wildman–Crippen LogP) is 2.43. The molecule has 0 bridgehead atoms. The molecule has 3 rings (SSSR count). The van der Waals surface area contributed by atoms with Crippen molar-refractivity contribution < 1.29 is 9.59 Å². The first-order chi connectivity index (χ1) is 13.0. The van der Waals surface area contributed by atoms with Crippen LogP contribution in [0, 0.1) is 25.7 Å². The first kappa shape index (κ1) is 19.6. The van der Waals surface area contributed by atoms with Gasteiger partial charge in [0.1, 0.15) is 0 Å². The van der Waals surface area contributed by atoms with E-state index in [9.17, 15) is 14.4 Å². The van der Waals surface area contributed by atoms with Crippen LogP contribution in [-0.2, 0) is 16.1 Å². The summed E-state index contributed by atoms with van der Waals surface area (Å²) in [5.41, 5.74) is 2.07. The Morgan fingerprint density at radius 2 is 1.93 bits per heavy atom. The smallest absolute Gasteiger partial charge is 0.225 e. The minimum atomic E-state index is -0.163. The van der Waals surface area contributed by atoms with Crippen LogP contribution in [0.4, 0.5) is 0 Å². The number of hydrogen-bond donors (Lipinski definition) is 2. The second-order valence-corrected chi connectivity index (χ2v) is 8.16. The molecule has 2 amide bonds. The van der Waals surface area contributed by atoms with Gasteiger partial charge in [0.2, 0.25) is 11.8 Å². The Hall–Kier alpha value is -2.11. The fourth-order valence-corrected chi connectivity index (χ4v) is 4.29. The lowest BCUT2D eigenvalue weighted by Crippen LogP contribution is -2.47. The average molecular weight is 373 g/mol. The second-order valence-electron chi connectivity index (χ2n) is 8.16. The monoisotopic (exact) mass is 373 g/mol. The van der Waals surface area contributed by atoms with Gasteiger partial charge < -0.3 is 15.2 Å². The maximum absolute atomic E-state index is 12.6. The van der Waals surface area contributed by atoms with Gasteiger partial charge in [0, 0.05) is 42.5 Å². The molecule has 0 aromatic carbocycles. The van der Waals surface area contributed by atoms with Gasteiger partial charge in [-0.15, -0.1) is 0 Å². The van der Waals surface area contributed by atoms with E-state index in [0.717, 1.165) is 12.2 Å². The van der Waals surface area contributed by atoms with Crippen LogP contribution in [0.3, 0.4) is 0 Å². The number of hydrogen-bond acceptors (Lipinski definition) is 3. The van der Waals surface area contributed by atoms with Gasteiger partial charge in [-0.25, -0.2) is 0 Å². The summed E-state index contributed by atoms with van der Waals surface area (Å²) in [5.74, 6) is 0.578. The lowest BCUT2D eigenvalue weighted by Gasteiger charge is -2.35. The quantitative estimate of drug-likeness (QED) is 0.832. The van der Waals surface area contributed by atoms with Gasteiger partial charge in [0.15, 0.2) is 5.43 Å². The Kier molecular flexibility index (Phi) is 6.34. The fraction of sp³-hybridized carbons (Fsp3) is 0.667. The zero-order valence-corrected chi connectivity index (χ0v) is 16.5. The lowest BCUT2D eigenvalue weighted by molar-refractivity contribution is -0.139. The average Bonchev–Trinajstić information content (AvgIpc) is 2.68. The molecule has 1 aliphatic heterocycles. The summed E-state index contributed by atoms with van der Waals surface area (Å²) in [4.78, 5) is 41.9. The predicted molar refractivity (Wildman–Crippen MR) is 104 cm³/mol. The third-order valence-corrected chi connectivity index (χ3v) is 6.13. The van der Waals surface area contributed by atoms with Gasteiger partial charge in [-0.05, 0) is 39.0 Å². The Morgan fingerprint density at radius 3 is 2.67 bits per heavy atom. The second kappa shape index (κ2) is 8.72. The maximum Gasteiger partial charge on any atom is 0.225 e. The summed E-state index contributed by atoms with van der Waals surface area (Å²) >= 11 is 0. The third-order valence-electron chi connectivity index (χ3n) is 6.13. The summed E-state index contributed by atoms with van der Waals surface area (Å²) < 4.78 is 0. The topological polar surface area (TPSA) is 82.3 Å². The number of aryl methyl sites for hydroxylation is 1. The molecule has 1 aromatic heterocycles. The first-order valence-electron chi connectivity index (χ1n) is 10.2. The van der Waals surface area contributed by atoms with Gasteiger partial charge >= 0.3 is 0 Å². The molecule has 1 atom stereocenters. The Labute approximate surface area is 160 Å². The molecule has 6 nitrogen and oxygen atoms in total. The minimum Gasteiger partial charge on any atom is -0.363 e. The Bertz CT molecular complexity index is 750. The van der Waals surface area contributed by atoms with E-state index in [2.05, 4.69) is 10.3 Å². The van der Waals surface area contributed by atoms with Crippen molar-refractivity contribution in [2.45, 2.75) is 65.3 Å². The number of pyridine rings is 1. The highest BCUT2D eigenvalue weighted by Gasteiger charge is 2.31. The van der Waals surface area contributed by atoms with Gasteiger partial charge in [0.05, 0.1) is 12.5 Å². The summed E-state index contributed by atoms with van der Waals surface area (Å²) in [6.07, 6.45) is 8.94. The van der Waals surface area contributed by atoms with Crippen LogP contribution in [-0.4, -0.2) is 34.8 Å². The van der Waals surface area contributed by atoms with Crippen molar-refractivity contribution in [1.29, 1.82) is 0 Å². The number of aromatic nitrogens is 1. The van der Waals surface area contributed by atoms with Gasteiger partial charge in [-0.2, -0.15) is 0 Å². The third kappa shape index (κ3) is 4.79. The molecule has 2 heterocycles. The van der Waals surface area contributed by atoms with Crippen molar-refractivity contribution >= 4 is 11.8 Å². The molecule has 27 heavy (non-hydrogen) atoms. The number of likely N-dealkylation sites (tertiary alicyclic amines) is 1. The molecule has 0 unspecified atom stereocenters. The molecule has 1 aliphatic carbocycles. The zero-order valence-electron chi connectivity index (χ0n) is 16.5. The van der Waals surface area contributed by atoms with Crippen LogP contribution in [0.5, 0.6) is 0 Å². The molecule has 148 valence electrons. The van der Waals surface area contributed by atoms with Crippen molar-refractivity contribution in [3.05, 3.63) is 33.2 Å². The van der Waals surface area contributed by atoms with E-state index < -0.39 is 0 Å². The maximum atomic E-state index is 12.6. The highest BCUT2D eigenvalue weighted by atomic mass is 16.2. The van der Waals surface area contributed by atoms with Crippen LogP contribution >= 0.6 is 0 Å². The molecule has 2 fully saturated rings. The SMILES string of the molecule is Cc1c[nH]c(CNC(=O)[C@H]2CCC(=O)N(CC3CCCCC3)C2)c(C)c1=O. The number of nitrogens with zero attached hydrogens (tertiary/aromatic N) is 1. The number of amides is 2. The largest absolute Gasteiger partial charge is 0.363 e. The van der Waals surface area contributed by atoms with Crippen LogP contribution in [0.2, 0.25) is 0 Å². The molecule has 1 saturated heterocycles. The van der Waals surface area contributed by atoms with E-state index in [1.165, 1.54) is 32.1 Å². The Balaban J connectivity index is 1.55. The fourth-order valence-electron chi connectivity index (χ4n) is 4.29. The normalized spacial score (nSPS) is 21.3. The van der Waals surface area contributed by atoms with Crippen LogP contribution in [0.15, 0.2) is 11.0 Å². The van der Waals surface area contributed by atoms with Gasteiger partial charge in [-0.1, -0.05) is 19.3 Å². The van der Waals surface area contributed by atoms with Crippen LogP contribution in [0.1, 0.15) is 61.8 Å². The molecule has 0 spiro atoms. The number of rotatable bonds is 5. The number of carbonyl (C=O) groups excluding carboxylic acids is 2. The molecular formula is C21H31N3O3. The number of carbonyl (C=O) groups is 2. The van der Waals surface area contributed by atoms with Crippen LogP contribution < -0.4 is 10.7 Å². The van der Waals surface area contributed by atoms with Crippen molar-refractivity contribution in [2.24, 2.45) is 11.8 Å². The van der Waals surface area contributed by atoms with Crippen molar-refractivity contribution in [3.63, 3.8) is 0 Å². The van der Waals surface area contributed by atoms with Gasteiger partial charge in [0.25, 0.3) is 0 Å². The van der Waals surface area contributed by atoms with Crippen molar-refractivity contribution in [2.75, 3.05) is 13.1 Å². The molecule has 1 aromatic rings. The first-order valence-corrected chi connectivity index (χ1v) is 10.2. The molecular weight excluding hydrogens is 342 g/mol. The van der Waals surface area contributed by atoms with Crippen LogP contribution in [0.25, 0.3) is 0 Å². The number of aromatic amines is 1. The van der Waals surface area contributed by atoms with E-state index in [1.54, 1.807) is 20.0 Å². The van der Waals surface area contributed by atoms with E-state index in [-0.39, 0.29) is 23.2 Å². The summed E-state index contributed by atoms with van der Waals surface area (Å²) in [7, 11) is 0. The molecule has 2 aliphatic rings. The number of H-pyrrole nitrogens is 1. The minimum absolute atomic E-state index is 0.0138. The van der Waals surface area contributed by atoms with E-state index >= 15 is 0 Å². The van der Waals surface area contributed by atoms with Gasteiger partial charge in [-0.3, -0.25) is 14.4 Å². The molecule has 2 N–H and O–H groups in total. The zero-order chi connectivity index (χ0) is 19.4. The summed E-state index contributed by atoms with van der Waals surface area (Å²) in [6.45, 7) is 5.18. The number of piperidine rings is 1. The van der Waals surface area contributed by atoms with E-state index in [0.29, 0.717) is 43.0 Å². The van der Waals surface area contributed by atoms with Crippen molar-refractivity contribution in [1.82, 2.24) is 15.2 Å². The summed E-state index contributed by atoms with van der Waals surface area (Å²) in [5, 5.41) is 2.95. The highest BCUT2D eigenvalue weighted by molar-refractivity contribution is 5.83. The van der Waals surface area contributed by atoms with Crippen molar-refractivity contribution in [3.8, 4) is 0 Å². The number of nitrogens with one attached hydrogen (secondary N) is 2. The Morgan fingerprint density at radius 1 is 1.19 bits per heavy atom. The molecule has 1 saturated carbocycles. The van der Waals surface area contributed by atoms with E-state index in [4.69, 9.17) is 0 Å². The standard InChI is InChI=1S/C21H31N3O3/c1-14-10-22-18(15(2)20(14)26)11-23-21(27)17-8-9-19(25)24(13-17)12-16-6-4-3-5-7-16/h10,16-17H,3-9,11-13H2,1-2H3,(H,22,26)(H,23,27)/t17-/m0/s1. The molecule has 0 radical (unpaired) electrons. The summed E-state index contributed by atoms with van der Waals surface area (Å²) in [6, 6.07) is 0. The molecule has 6 heteroatoms.